The van der Waals surface area contributed by atoms with E-state index in [0.717, 1.165) is 12.1 Å². The van der Waals surface area contributed by atoms with Gasteiger partial charge in [0, 0.05) is 13.6 Å². The minimum absolute atomic E-state index is 0.00641. The lowest BCUT2D eigenvalue weighted by Gasteiger charge is -2.22. The van der Waals surface area contributed by atoms with E-state index in [2.05, 4.69) is 5.32 Å². The fraction of sp³-hybridized carbons (Fsp3) is 0.385. The number of nitrogens with two attached hydrogens (primary N) is 1. The molecule has 0 bridgehead atoms. The molecule has 0 aliphatic heterocycles. The van der Waals surface area contributed by atoms with E-state index in [-0.39, 0.29) is 6.54 Å². The van der Waals surface area contributed by atoms with Crippen LogP contribution >= 0.6 is 0 Å². The Balaban J connectivity index is 2.77. The summed E-state index contributed by atoms with van der Waals surface area (Å²) in [6.07, 6.45) is -4.43. The number of halogens is 3. The molecule has 8 heteroatoms. The Kier molecular flexibility index (Phi) is 5.17. The van der Waals surface area contributed by atoms with E-state index >= 15 is 0 Å². The average Bonchev–Trinajstić information content (AvgIpc) is 2.36. The minimum Gasteiger partial charge on any atom is -0.352 e. The number of hydrogen-bond acceptors (Lipinski definition) is 2. The maximum absolute atomic E-state index is 12.6. The van der Waals surface area contributed by atoms with Crippen LogP contribution in [0.4, 0.5) is 18.0 Å². The number of amides is 3. The van der Waals surface area contributed by atoms with Gasteiger partial charge in [0.15, 0.2) is 0 Å². The topological polar surface area (TPSA) is 75.4 Å². The van der Waals surface area contributed by atoms with Crippen molar-refractivity contribution >= 4 is 11.9 Å². The van der Waals surface area contributed by atoms with Gasteiger partial charge in [0.1, 0.15) is 6.04 Å². The number of likely N-dealkylation sites (N-methyl/N-ethyl adjacent to an activating group) is 1. The van der Waals surface area contributed by atoms with E-state index in [1.807, 2.05) is 0 Å². The summed E-state index contributed by atoms with van der Waals surface area (Å²) in [5, 5.41) is 2.21. The Hall–Kier alpha value is -2.25. The van der Waals surface area contributed by atoms with E-state index in [1.54, 1.807) is 0 Å². The molecular weight excluding hydrogens is 287 g/mol. The van der Waals surface area contributed by atoms with Crippen molar-refractivity contribution in [3.05, 3.63) is 35.4 Å². The molecule has 1 aromatic carbocycles. The number of hydrogen-bond donors (Lipinski definition) is 2. The number of nitrogens with one attached hydrogen (secondary N) is 1. The standard InChI is InChI=1S/C13H16F3N3O2/c1-8(18-12(17)21)11(20)19(2)7-9-4-3-5-10(6-9)13(14,15)16/h3-6,8H,7H2,1-2H3,(H3,17,18,21)/t8-/m0/s1. The first-order valence-electron chi connectivity index (χ1n) is 6.08. The summed E-state index contributed by atoms with van der Waals surface area (Å²) in [7, 11) is 1.43. The van der Waals surface area contributed by atoms with Gasteiger partial charge >= 0.3 is 12.2 Å². The molecule has 0 unspecified atom stereocenters. The highest BCUT2D eigenvalue weighted by atomic mass is 19.4. The lowest BCUT2D eigenvalue weighted by Crippen LogP contribution is -2.47. The third kappa shape index (κ3) is 4.97. The van der Waals surface area contributed by atoms with Crippen molar-refractivity contribution in [3.8, 4) is 0 Å². The Labute approximate surface area is 119 Å². The third-order valence-electron chi connectivity index (χ3n) is 2.78. The molecule has 0 fully saturated rings. The first-order chi connectivity index (χ1) is 9.61. The number of nitrogens with zero attached hydrogens (tertiary/aromatic N) is 1. The molecule has 116 valence electrons. The molecule has 0 saturated heterocycles. The minimum atomic E-state index is -4.43. The summed E-state index contributed by atoms with van der Waals surface area (Å²) in [4.78, 5) is 23.8. The zero-order chi connectivity index (χ0) is 16.2. The van der Waals surface area contributed by atoms with Crippen LogP contribution in [0.25, 0.3) is 0 Å². The molecule has 3 N–H and O–H groups in total. The molecule has 0 aromatic heterocycles. The van der Waals surface area contributed by atoms with E-state index < -0.39 is 29.7 Å². The van der Waals surface area contributed by atoms with Crippen molar-refractivity contribution < 1.29 is 22.8 Å². The third-order valence-corrected chi connectivity index (χ3v) is 2.78. The van der Waals surface area contributed by atoms with Gasteiger partial charge in [-0.05, 0) is 24.6 Å². The molecule has 0 radical (unpaired) electrons. The molecule has 5 nitrogen and oxygen atoms in total. The molecule has 1 rings (SSSR count). The van der Waals surface area contributed by atoms with Gasteiger partial charge in [-0.25, -0.2) is 4.79 Å². The Bertz CT molecular complexity index is 532. The monoisotopic (exact) mass is 303 g/mol. The van der Waals surface area contributed by atoms with Crippen LogP contribution in [0.2, 0.25) is 0 Å². The summed E-state index contributed by atoms with van der Waals surface area (Å²) >= 11 is 0. The summed E-state index contributed by atoms with van der Waals surface area (Å²) in [5.41, 5.74) is 4.47. The number of urea groups is 1. The second-order valence-corrected chi connectivity index (χ2v) is 4.62. The lowest BCUT2D eigenvalue weighted by molar-refractivity contribution is -0.137. The molecule has 0 spiro atoms. The number of rotatable bonds is 4. The van der Waals surface area contributed by atoms with E-state index in [9.17, 15) is 22.8 Å². The molecular formula is C13H16F3N3O2. The summed E-state index contributed by atoms with van der Waals surface area (Å²) < 4.78 is 37.8. The zero-order valence-electron chi connectivity index (χ0n) is 11.6. The first kappa shape index (κ1) is 16.8. The molecule has 0 aliphatic rings. The molecule has 0 saturated carbocycles. The summed E-state index contributed by atoms with van der Waals surface area (Å²) in [6.45, 7) is 1.43. The smallest absolute Gasteiger partial charge is 0.352 e. The van der Waals surface area contributed by atoms with Crippen LogP contribution in [0.15, 0.2) is 24.3 Å². The Morgan fingerprint density at radius 3 is 2.52 bits per heavy atom. The van der Waals surface area contributed by atoms with Crippen LogP contribution in [0.3, 0.4) is 0 Å². The molecule has 1 aromatic rings. The number of carbonyl (C=O) groups excluding carboxylic acids is 2. The Morgan fingerprint density at radius 1 is 1.38 bits per heavy atom. The average molecular weight is 303 g/mol. The second kappa shape index (κ2) is 6.47. The van der Waals surface area contributed by atoms with Crippen molar-refractivity contribution in [3.63, 3.8) is 0 Å². The number of carbonyl (C=O) groups is 2. The van der Waals surface area contributed by atoms with Crippen LogP contribution < -0.4 is 11.1 Å². The van der Waals surface area contributed by atoms with Crippen molar-refractivity contribution in [2.45, 2.75) is 25.7 Å². The highest BCUT2D eigenvalue weighted by Gasteiger charge is 2.30. The van der Waals surface area contributed by atoms with E-state index in [1.165, 1.54) is 31.0 Å². The largest absolute Gasteiger partial charge is 0.416 e. The molecule has 3 amide bonds. The summed E-state index contributed by atoms with van der Waals surface area (Å²) in [6, 6.07) is 3.02. The van der Waals surface area contributed by atoms with Crippen LogP contribution in [-0.4, -0.2) is 29.9 Å². The van der Waals surface area contributed by atoms with E-state index in [0.29, 0.717) is 5.56 Å². The molecule has 1 atom stereocenters. The van der Waals surface area contributed by atoms with Crippen molar-refractivity contribution in [1.29, 1.82) is 0 Å². The fourth-order valence-corrected chi connectivity index (χ4v) is 1.80. The van der Waals surface area contributed by atoms with Crippen LogP contribution in [0.5, 0.6) is 0 Å². The quantitative estimate of drug-likeness (QED) is 0.888. The zero-order valence-corrected chi connectivity index (χ0v) is 11.6. The highest BCUT2D eigenvalue weighted by molar-refractivity contribution is 5.86. The fourth-order valence-electron chi connectivity index (χ4n) is 1.80. The van der Waals surface area contributed by atoms with Crippen molar-refractivity contribution in [2.75, 3.05) is 7.05 Å². The van der Waals surface area contributed by atoms with Crippen LogP contribution in [-0.2, 0) is 17.5 Å². The first-order valence-corrected chi connectivity index (χ1v) is 6.08. The second-order valence-electron chi connectivity index (χ2n) is 4.62. The van der Waals surface area contributed by atoms with Gasteiger partial charge in [-0.1, -0.05) is 12.1 Å². The number of alkyl halides is 3. The lowest BCUT2D eigenvalue weighted by atomic mass is 10.1. The van der Waals surface area contributed by atoms with Crippen molar-refractivity contribution in [1.82, 2.24) is 10.2 Å². The van der Waals surface area contributed by atoms with Gasteiger partial charge in [-0.3, -0.25) is 4.79 Å². The molecule has 0 heterocycles. The number of benzene rings is 1. The van der Waals surface area contributed by atoms with Gasteiger partial charge in [-0.15, -0.1) is 0 Å². The summed E-state index contributed by atoms with van der Waals surface area (Å²) in [5.74, 6) is -0.453. The maximum Gasteiger partial charge on any atom is 0.416 e. The SMILES string of the molecule is C[C@H](NC(N)=O)C(=O)N(C)Cc1cccc(C(F)(F)F)c1. The van der Waals surface area contributed by atoms with Gasteiger partial charge in [0.05, 0.1) is 5.56 Å². The Morgan fingerprint density at radius 2 is 2.00 bits per heavy atom. The van der Waals surface area contributed by atoms with E-state index in [4.69, 9.17) is 5.73 Å². The van der Waals surface area contributed by atoms with Gasteiger partial charge in [0.25, 0.3) is 0 Å². The highest BCUT2D eigenvalue weighted by Crippen LogP contribution is 2.29. The predicted molar refractivity (Wildman–Crippen MR) is 70.1 cm³/mol. The van der Waals surface area contributed by atoms with Gasteiger partial charge in [-0.2, -0.15) is 13.2 Å². The molecule has 0 aliphatic carbocycles. The normalized spacial score (nSPS) is 12.6. The van der Waals surface area contributed by atoms with Crippen LogP contribution in [0.1, 0.15) is 18.1 Å². The maximum atomic E-state index is 12.6. The van der Waals surface area contributed by atoms with Gasteiger partial charge < -0.3 is 16.0 Å². The molecule has 21 heavy (non-hydrogen) atoms. The van der Waals surface area contributed by atoms with Gasteiger partial charge in [0.2, 0.25) is 5.91 Å². The predicted octanol–water partition coefficient (Wildman–Crippen LogP) is 1.72. The van der Waals surface area contributed by atoms with Crippen molar-refractivity contribution in [2.24, 2.45) is 5.73 Å². The number of primary amides is 1. The van der Waals surface area contributed by atoms with Crippen LogP contribution in [0, 0.1) is 0 Å².